The highest BCUT2D eigenvalue weighted by atomic mass is 31.2. The van der Waals surface area contributed by atoms with Gasteiger partial charge in [-0.3, -0.25) is 0 Å². The maximum Gasteiger partial charge on any atom is 0.196 e. The molecule has 0 aromatic rings. The molecular weight excluding hydrogens is 366 g/mol. The zero-order valence-electron chi connectivity index (χ0n) is 17.0. The molecule has 4 nitrogen and oxygen atoms in total. The highest BCUT2D eigenvalue weighted by molar-refractivity contribution is 7.50. The summed E-state index contributed by atoms with van der Waals surface area (Å²) in [6, 6.07) is 0. The van der Waals surface area contributed by atoms with Crippen LogP contribution in [0.2, 0.25) is 0 Å². The summed E-state index contributed by atoms with van der Waals surface area (Å²) in [5, 5.41) is 0. The van der Waals surface area contributed by atoms with Crippen molar-refractivity contribution in [3.8, 4) is 0 Å². The number of rotatable bonds is 21. The average Bonchev–Trinajstić information content (AvgIpc) is 2.66. The van der Waals surface area contributed by atoms with Crippen molar-refractivity contribution in [2.24, 2.45) is 0 Å². The van der Waals surface area contributed by atoms with E-state index in [4.69, 9.17) is 18.1 Å². The minimum absolute atomic E-state index is 0.770. The standard InChI is InChI=1S/C20H40O4P2/c1-5-9-17-21-25(7-3)23-19-15-13-11-12-14-16-20-24-26(8-4)22-18-10-6-2/h7-8H,3-6,9-20H2,1-2H3. The monoisotopic (exact) mass is 406 g/mol. The van der Waals surface area contributed by atoms with Gasteiger partial charge in [-0.2, -0.15) is 0 Å². The van der Waals surface area contributed by atoms with Gasteiger partial charge in [-0.15, -0.1) is 0 Å². The van der Waals surface area contributed by atoms with Gasteiger partial charge in [-0.25, -0.2) is 0 Å². The number of hydrogen-bond acceptors (Lipinski definition) is 4. The Morgan fingerprint density at radius 3 is 1.15 bits per heavy atom. The van der Waals surface area contributed by atoms with Gasteiger partial charge >= 0.3 is 0 Å². The van der Waals surface area contributed by atoms with Crippen molar-refractivity contribution in [1.29, 1.82) is 0 Å². The molecule has 0 aromatic heterocycles. The molecule has 6 heteroatoms. The van der Waals surface area contributed by atoms with E-state index in [2.05, 4.69) is 27.0 Å². The molecule has 0 bridgehead atoms. The molecule has 0 aliphatic heterocycles. The van der Waals surface area contributed by atoms with Gasteiger partial charge in [0.2, 0.25) is 0 Å². The first-order chi connectivity index (χ1) is 12.8. The quantitative estimate of drug-likeness (QED) is 0.143. The van der Waals surface area contributed by atoms with Crippen LogP contribution in [0.5, 0.6) is 0 Å². The summed E-state index contributed by atoms with van der Waals surface area (Å²) in [5.41, 5.74) is 0. The van der Waals surface area contributed by atoms with Crippen molar-refractivity contribution >= 4 is 16.8 Å². The first kappa shape index (κ1) is 26.2. The van der Waals surface area contributed by atoms with Crippen LogP contribution in [0.25, 0.3) is 0 Å². The molecule has 0 spiro atoms. The molecule has 0 rings (SSSR count). The van der Waals surface area contributed by atoms with Crippen LogP contribution in [0.15, 0.2) is 24.8 Å². The van der Waals surface area contributed by atoms with Gasteiger partial charge in [0.1, 0.15) is 0 Å². The van der Waals surface area contributed by atoms with Gasteiger partial charge < -0.3 is 18.1 Å². The normalized spacial score (nSPS) is 13.5. The largest absolute Gasteiger partial charge is 0.331 e. The van der Waals surface area contributed by atoms with Crippen LogP contribution < -0.4 is 0 Å². The lowest BCUT2D eigenvalue weighted by Gasteiger charge is -2.13. The number of unbranched alkanes of at least 4 members (excludes halogenated alkanes) is 7. The van der Waals surface area contributed by atoms with Gasteiger partial charge in [-0.05, 0) is 37.3 Å². The summed E-state index contributed by atoms with van der Waals surface area (Å²) in [4.78, 5) is 0. The molecule has 2 unspecified atom stereocenters. The molecular formula is C20H40O4P2. The molecule has 26 heavy (non-hydrogen) atoms. The third-order valence-electron chi connectivity index (χ3n) is 3.71. The van der Waals surface area contributed by atoms with Gasteiger partial charge in [0, 0.05) is 0 Å². The second-order valence-corrected chi connectivity index (χ2v) is 9.00. The van der Waals surface area contributed by atoms with Gasteiger partial charge in [0.25, 0.3) is 0 Å². The molecule has 0 aromatic carbocycles. The van der Waals surface area contributed by atoms with Crippen molar-refractivity contribution in [1.82, 2.24) is 0 Å². The molecule has 0 amide bonds. The van der Waals surface area contributed by atoms with E-state index in [0.29, 0.717) is 0 Å². The Hall–Kier alpha value is 0.180. The van der Waals surface area contributed by atoms with Crippen molar-refractivity contribution in [2.75, 3.05) is 26.4 Å². The highest BCUT2D eigenvalue weighted by Crippen LogP contribution is 2.40. The summed E-state index contributed by atoms with van der Waals surface area (Å²) in [5.74, 6) is 3.60. The van der Waals surface area contributed by atoms with E-state index in [1.807, 2.05) is 0 Å². The van der Waals surface area contributed by atoms with E-state index < -0.39 is 16.8 Å². The Bertz CT molecular complexity index is 286. The summed E-state index contributed by atoms with van der Waals surface area (Å²) in [6.45, 7) is 15.0. The van der Waals surface area contributed by atoms with E-state index in [9.17, 15) is 0 Å². The second kappa shape index (κ2) is 21.5. The van der Waals surface area contributed by atoms with E-state index in [1.54, 1.807) is 11.6 Å². The van der Waals surface area contributed by atoms with Crippen LogP contribution in [0.3, 0.4) is 0 Å². The zero-order valence-corrected chi connectivity index (χ0v) is 18.8. The van der Waals surface area contributed by atoms with Crippen LogP contribution in [0.1, 0.15) is 78.1 Å². The molecule has 154 valence electrons. The Labute approximate surface area is 164 Å². The minimum Gasteiger partial charge on any atom is -0.331 e. The minimum atomic E-state index is -0.887. The SMILES string of the molecule is C=CP(OCCCC)OCCCCCCCCOP(C=C)OCCCC. The maximum absolute atomic E-state index is 5.75. The maximum atomic E-state index is 5.75. The van der Waals surface area contributed by atoms with Crippen molar-refractivity contribution in [3.63, 3.8) is 0 Å². The van der Waals surface area contributed by atoms with Crippen molar-refractivity contribution < 1.29 is 18.1 Å². The van der Waals surface area contributed by atoms with Gasteiger partial charge in [0.15, 0.2) is 16.8 Å². The van der Waals surface area contributed by atoms with Crippen LogP contribution in [0, 0.1) is 0 Å². The van der Waals surface area contributed by atoms with Crippen molar-refractivity contribution in [3.05, 3.63) is 24.8 Å². The van der Waals surface area contributed by atoms with Gasteiger partial charge in [0.05, 0.1) is 26.4 Å². The lowest BCUT2D eigenvalue weighted by molar-refractivity contribution is 0.244. The second-order valence-electron chi connectivity index (χ2n) is 6.10. The third-order valence-corrected chi connectivity index (χ3v) is 6.05. The fourth-order valence-corrected chi connectivity index (χ4v) is 3.91. The fourth-order valence-electron chi connectivity index (χ4n) is 2.10. The molecule has 0 fully saturated rings. The Morgan fingerprint density at radius 2 is 0.846 bits per heavy atom. The first-order valence-electron chi connectivity index (χ1n) is 10.1. The predicted molar refractivity (Wildman–Crippen MR) is 116 cm³/mol. The Kier molecular flexibility index (Phi) is 21.6. The molecule has 0 radical (unpaired) electrons. The molecule has 0 saturated heterocycles. The van der Waals surface area contributed by atoms with Crippen LogP contribution in [0.4, 0.5) is 0 Å². The molecule has 0 aliphatic carbocycles. The van der Waals surface area contributed by atoms with Gasteiger partial charge in [-0.1, -0.05) is 65.5 Å². The summed E-state index contributed by atoms with van der Waals surface area (Å²) >= 11 is 0. The number of hydrogen-bond donors (Lipinski definition) is 0. The molecule has 0 heterocycles. The smallest absolute Gasteiger partial charge is 0.196 e. The first-order valence-corrected chi connectivity index (χ1v) is 12.6. The van der Waals surface area contributed by atoms with Crippen molar-refractivity contribution in [2.45, 2.75) is 78.1 Å². The molecule has 0 aliphatic rings. The molecule has 0 saturated carbocycles. The molecule has 2 atom stereocenters. The summed E-state index contributed by atoms with van der Waals surface area (Å²) in [6.07, 6.45) is 11.5. The summed E-state index contributed by atoms with van der Waals surface area (Å²) in [7, 11) is -1.77. The Balaban J connectivity index is 3.39. The molecule has 0 N–H and O–H groups in total. The van der Waals surface area contributed by atoms with E-state index >= 15 is 0 Å². The van der Waals surface area contributed by atoms with E-state index in [1.165, 1.54) is 25.7 Å². The Morgan fingerprint density at radius 1 is 0.538 bits per heavy atom. The highest BCUT2D eigenvalue weighted by Gasteiger charge is 2.06. The lowest BCUT2D eigenvalue weighted by Crippen LogP contribution is -1.95. The van der Waals surface area contributed by atoms with Crippen LogP contribution in [-0.4, -0.2) is 26.4 Å². The van der Waals surface area contributed by atoms with Crippen LogP contribution in [-0.2, 0) is 18.1 Å². The average molecular weight is 406 g/mol. The van der Waals surface area contributed by atoms with Crippen LogP contribution >= 0.6 is 16.8 Å². The predicted octanol–water partition coefficient (Wildman–Crippen LogP) is 7.90. The topological polar surface area (TPSA) is 36.9 Å². The third kappa shape index (κ3) is 17.6. The summed E-state index contributed by atoms with van der Waals surface area (Å²) < 4.78 is 22.8. The van der Waals surface area contributed by atoms with E-state index in [0.717, 1.165) is 65.0 Å². The van der Waals surface area contributed by atoms with E-state index in [-0.39, 0.29) is 0 Å². The zero-order chi connectivity index (χ0) is 19.3. The fraction of sp³-hybridized carbons (Fsp3) is 0.800. The lowest BCUT2D eigenvalue weighted by atomic mass is 10.1.